The summed E-state index contributed by atoms with van der Waals surface area (Å²) in [4.78, 5) is 0. The van der Waals surface area contributed by atoms with Crippen LogP contribution in [-0.2, 0) is 7.05 Å². The number of hydrogen-bond acceptors (Lipinski definition) is 0. The van der Waals surface area contributed by atoms with Gasteiger partial charge in [0.05, 0.1) is 5.52 Å². The largest absolute Gasteiger partial charge is 0.329 e. The molecule has 4 rings (SSSR count). The molecule has 2 nitrogen and oxygen atoms in total. The van der Waals surface area contributed by atoms with Gasteiger partial charge in [-0.15, -0.1) is 0 Å². The van der Waals surface area contributed by atoms with Gasteiger partial charge in [0.2, 0.25) is 0 Å². The third kappa shape index (κ3) is 1.39. The van der Waals surface area contributed by atoms with Crippen molar-refractivity contribution in [2.75, 3.05) is 0 Å². The minimum absolute atomic E-state index is 1.24. The fraction of sp³-hybridized carbons (Fsp3) is 0.111. The highest BCUT2D eigenvalue weighted by Crippen LogP contribution is 2.31. The predicted octanol–water partition coefficient (Wildman–Crippen LogP) is 4.43. The monoisotopic (exact) mass is 260 g/mol. The van der Waals surface area contributed by atoms with Crippen molar-refractivity contribution in [3.63, 3.8) is 0 Å². The molecule has 0 bridgehead atoms. The fourth-order valence-electron chi connectivity index (χ4n) is 3.11. The van der Waals surface area contributed by atoms with Crippen molar-refractivity contribution in [3.05, 3.63) is 66.4 Å². The van der Waals surface area contributed by atoms with E-state index in [0.717, 1.165) is 0 Å². The van der Waals surface area contributed by atoms with E-state index >= 15 is 0 Å². The lowest BCUT2D eigenvalue weighted by molar-refractivity contribution is 0.946. The Bertz CT molecular complexity index is 925. The number of rotatable bonds is 1. The minimum atomic E-state index is 1.24. The molecule has 0 aliphatic carbocycles. The van der Waals surface area contributed by atoms with Crippen molar-refractivity contribution in [2.45, 2.75) is 6.92 Å². The van der Waals surface area contributed by atoms with Gasteiger partial charge in [0.1, 0.15) is 5.65 Å². The van der Waals surface area contributed by atoms with Gasteiger partial charge in [-0.05, 0) is 30.7 Å². The Kier molecular flexibility index (Phi) is 2.27. The Hall–Kier alpha value is -2.48. The predicted molar refractivity (Wildman–Crippen MR) is 84.5 cm³/mol. The van der Waals surface area contributed by atoms with Crippen LogP contribution in [0.4, 0.5) is 0 Å². The molecule has 0 fully saturated rings. The average molecular weight is 260 g/mol. The Morgan fingerprint density at radius 1 is 0.800 bits per heavy atom. The lowest BCUT2D eigenvalue weighted by Crippen LogP contribution is -1.99. The van der Waals surface area contributed by atoms with Crippen LogP contribution in [0.2, 0.25) is 0 Å². The van der Waals surface area contributed by atoms with E-state index in [1.807, 2.05) is 0 Å². The number of aryl methyl sites for hydroxylation is 2. The maximum absolute atomic E-state index is 2.28. The maximum atomic E-state index is 2.28. The quantitative estimate of drug-likeness (QED) is 0.479. The summed E-state index contributed by atoms with van der Waals surface area (Å²) in [6, 6.07) is 19.3. The maximum Gasteiger partial charge on any atom is 0.125 e. The lowest BCUT2D eigenvalue weighted by Gasteiger charge is -2.09. The first-order chi connectivity index (χ1) is 9.77. The molecule has 98 valence electrons. The van der Waals surface area contributed by atoms with E-state index in [1.54, 1.807) is 0 Å². The molecule has 0 spiro atoms. The zero-order chi connectivity index (χ0) is 13.7. The lowest BCUT2D eigenvalue weighted by atomic mass is 10.2. The van der Waals surface area contributed by atoms with Gasteiger partial charge >= 0.3 is 0 Å². The number of para-hydroxylation sites is 2. The molecule has 2 heterocycles. The highest BCUT2D eigenvalue weighted by Gasteiger charge is 2.13. The standard InChI is InChI=1S/C18H16N2/c1-13-7-3-5-9-16(13)20-12-11-15-14-8-4-6-10-17(14)19(2)18(15)20/h3-12H,1-2H3. The molecule has 0 unspecified atom stereocenters. The van der Waals surface area contributed by atoms with Crippen LogP contribution in [-0.4, -0.2) is 9.13 Å². The third-order valence-corrected chi connectivity index (χ3v) is 4.11. The highest BCUT2D eigenvalue weighted by molar-refractivity contribution is 6.07. The van der Waals surface area contributed by atoms with Crippen LogP contribution < -0.4 is 0 Å². The molecule has 2 heteroatoms. The van der Waals surface area contributed by atoms with E-state index in [-0.39, 0.29) is 0 Å². The van der Waals surface area contributed by atoms with Crippen molar-refractivity contribution in [3.8, 4) is 5.69 Å². The van der Waals surface area contributed by atoms with E-state index in [9.17, 15) is 0 Å². The van der Waals surface area contributed by atoms with E-state index in [2.05, 4.69) is 83.9 Å². The second-order valence-electron chi connectivity index (χ2n) is 5.29. The number of benzene rings is 2. The van der Waals surface area contributed by atoms with E-state index in [1.165, 1.54) is 33.2 Å². The number of fused-ring (bicyclic) bond motifs is 3. The zero-order valence-electron chi connectivity index (χ0n) is 11.7. The molecule has 0 aliphatic heterocycles. The molecular weight excluding hydrogens is 244 g/mol. The van der Waals surface area contributed by atoms with Crippen molar-refractivity contribution < 1.29 is 0 Å². The first kappa shape index (κ1) is 11.4. The molecule has 2 aromatic heterocycles. The van der Waals surface area contributed by atoms with Crippen LogP contribution in [0.1, 0.15) is 5.56 Å². The Labute approximate surface area is 117 Å². The van der Waals surface area contributed by atoms with Crippen molar-refractivity contribution in [1.82, 2.24) is 9.13 Å². The van der Waals surface area contributed by atoms with Gasteiger partial charge in [-0.25, -0.2) is 0 Å². The van der Waals surface area contributed by atoms with E-state index in [0.29, 0.717) is 0 Å². The first-order valence-electron chi connectivity index (χ1n) is 6.88. The summed E-state index contributed by atoms with van der Waals surface area (Å²) < 4.78 is 4.56. The summed E-state index contributed by atoms with van der Waals surface area (Å²) in [7, 11) is 2.14. The Balaban J connectivity index is 2.15. The first-order valence-corrected chi connectivity index (χ1v) is 6.88. The average Bonchev–Trinajstić information content (AvgIpc) is 3.01. The van der Waals surface area contributed by atoms with Crippen LogP contribution in [0.15, 0.2) is 60.8 Å². The normalized spacial score (nSPS) is 11.5. The molecule has 20 heavy (non-hydrogen) atoms. The molecule has 0 amide bonds. The molecule has 0 atom stereocenters. The van der Waals surface area contributed by atoms with Crippen molar-refractivity contribution >= 4 is 21.9 Å². The van der Waals surface area contributed by atoms with Crippen LogP contribution >= 0.6 is 0 Å². The Morgan fingerprint density at radius 3 is 2.40 bits per heavy atom. The SMILES string of the molecule is Cc1ccccc1-n1ccc2c3ccccc3n(C)c21. The van der Waals surface area contributed by atoms with E-state index < -0.39 is 0 Å². The third-order valence-electron chi connectivity index (χ3n) is 4.11. The molecular formula is C18H16N2. The zero-order valence-corrected chi connectivity index (χ0v) is 11.7. The van der Waals surface area contributed by atoms with Gasteiger partial charge in [-0.3, -0.25) is 0 Å². The molecule has 0 radical (unpaired) electrons. The van der Waals surface area contributed by atoms with Crippen molar-refractivity contribution in [1.29, 1.82) is 0 Å². The summed E-state index contributed by atoms with van der Waals surface area (Å²) in [6.45, 7) is 2.16. The number of nitrogens with zero attached hydrogens (tertiary/aromatic N) is 2. The van der Waals surface area contributed by atoms with Crippen LogP contribution in [0.3, 0.4) is 0 Å². The van der Waals surface area contributed by atoms with Crippen LogP contribution in [0.25, 0.3) is 27.6 Å². The Morgan fingerprint density at radius 2 is 1.55 bits per heavy atom. The summed E-state index contributed by atoms with van der Waals surface area (Å²) in [6.07, 6.45) is 2.17. The van der Waals surface area contributed by atoms with Gasteiger partial charge in [0.15, 0.2) is 0 Å². The second kappa shape index (κ2) is 4.01. The van der Waals surface area contributed by atoms with Crippen LogP contribution in [0.5, 0.6) is 0 Å². The van der Waals surface area contributed by atoms with Gasteiger partial charge < -0.3 is 9.13 Å². The minimum Gasteiger partial charge on any atom is -0.329 e. The summed E-state index contributed by atoms with van der Waals surface area (Å²) in [5.41, 5.74) is 5.06. The summed E-state index contributed by atoms with van der Waals surface area (Å²) in [5.74, 6) is 0. The smallest absolute Gasteiger partial charge is 0.125 e. The second-order valence-corrected chi connectivity index (χ2v) is 5.29. The van der Waals surface area contributed by atoms with Crippen molar-refractivity contribution in [2.24, 2.45) is 7.05 Å². The van der Waals surface area contributed by atoms with Gasteiger partial charge in [0, 0.05) is 29.7 Å². The van der Waals surface area contributed by atoms with Gasteiger partial charge in [-0.1, -0.05) is 36.4 Å². The molecule has 0 saturated heterocycles. The number of hydrogen-bond donors (Lipinski definition) is 0. The fourth-order valence-corrected chi connectivity index (χ4v) is 3.11. The van der Waals surface area contributed by atoms with E-state index in [4.69, 9.17) is 0 Å². The molecule has 0 aliphatic rings. The number of aromatic nitrogens is 2. The molecule has 4 aromatic rings. The van der Waals surface area contributed by atoms with Crippen LogP contribution in [0, 0.1) is 6.92 Å². The van der Waals surface area contributed by atoms with Gasteiger partial charge in [-0.2, -0.15) is 0 Å². The summed E-state index contributed by atoms with van der Waals surface area (Å²) >= 11 is 0. The highest BCUT2D eigenvalue weighted by atomic mass is 15.1. The molecule has 0 saturated carbocycles. The summed E-state index contributed by atoms with van der Waals surface area (Å²) in [5, 5.41) is 2.63. The molecule has 0 N–H and O–H groups in total. The topological polar surface area (TPSA) is 9.86 Å². The van der Waals surface area contributed by atoms with Gasteiger partial charge in [0.25, 0.3) is 0 Å². The molecule has 2 aromatic carbocycles.